The Hall–Kier alpha value is -3.36. The molecular formula is C27H34N2O6. The molecule has 1 N–H and O–H groups in total. The number of hydrogen-bond acceptors (Lipinski definition) is 5. The van der Waals surface area contributed by atoms with E-state index < -0.39 is 12.4 Å². The third-order valence-electron chi connectivity index (χ3n) is 5.94. The van der Waals surface area contributed by atoms with Crippen molar-refractivity contribution in [2.45, 2.75) is 58.9 Å². The zero-order valence-electron chi connectivity index (χ0n) is 20.8. The Morgan fingerprint density at radius 2 is 1.66 bits per heavy atom. The number of aromatic nitrogens is 2. The van der Waals surface area contributed by atoms with Crippen LogP contribution in [-0.2, 0) is 29.0 Å². The van der Waals surface area contributed by atoms with Gasteiger partial charge in [0, 0.05) is 32.0 Å². The molecule has 0 aliphatic carbocycles. The third-order valence-corrected chi connectivity index (χ3v) is 5.94. The van der Waals surface area contributed by atoms with Crippen LogP contribution in [0.3, 0.4) is 0 Å². The van der Waals surface area contributed by atoms with Crippen molar-refractivity contribution >= 4 is 6.16 Å². The summed E-state index contributed by atoms with van der Waals surface area (Å²) in [6, 6.07) is 14.7. The van der Waals surface area contributed by atoms with E-state index in [-0.39, 0.29) is 11.4 Å². The highest BCUT2D eigenvalue weighted by Crippen LogP contribution is 2.30. The molecule has 3 rings (SSSR count). The quantitative estimate of drug-likeness (QED) is 0.209. The molecule has 1 heterocycles. The molecule has 0 atom stereocenters. The van der Waals surface area contributed by atoms with E-state index >= 15 is 0 Å². The molecule has 3 aromatic rings. The number of carbonyl (C=O) groups is 1. The van der Waals surface area contributed by atoms with Gasteiger partial charge in [-0.05, 0) is 30.0 Å². The predicted molar refractivity (Wildman–Crippen MR) is 134 cm³/mol. The van der Waals surface area contributed by atoms with Crippen LogP contribution in [0.1, 0.15) is 56.4 Å². The van der Waals surface area contributed by atoms with Gasteiger partial charge in [0.1, 0.15) is 5.75 Å². The van der Waals surface area contributed by atoms with Gasteiger partial charge in [0.2, 0.25) is 0 Å². The van der Waals surface area contributed by atoms with Crippen molar-refractivity contribution in [3.63, 3.8) is 0 Å². The standard InChI is InChI=1S/C27H34N2O6/c1-5-7-17-28-24(25(33-3)34-4)22(10-6-2)29(26(28)30)18-19-13-15-20(16-14-19)21-11-8-9-12-23(21)35-27(31)32/h8-9,11-16,25H,5-7,10,17-18H2,1-4H3,(H,31,32). The smallest absolute Gasteiger partial charge is 0.449 e. The lowest BCUT2D eigenvalue weighted by Gasteiger charge is -2.18. The molecule has 8 nitrogen and oxygen atoms in total. The predicted octanol–water partition coefficient (Wildman–Crippen LogP) is 5.47. The highest BCUT2D eigenvalue weighted by Gasteiger charge is 2.26. The number of nitrogens with zero attached hydrogens (tertiary/aromatic N) is 2. The number of imidazole rings is 1. The van der Waals surface area contributed by atoms with Gasteiger partial charge in [0.05, 0.1) is 12.2 Å². The van der Waals surface area contributed by atoms with E-state index in [0.29, 0.717) is 18.7 Å². The van der Waals surface area contributed by atoms with Gasteiger partial charge >= 0.3 is 11.8 Å². The van der Waals surface area contributed by atoms with E-state index in [9.17, 15) is 9.59 Å². The van der Waals surface area contributed by atoms with Crippen LogP contribution in [-0.4, -0.2) is 34.6 Å². The zero-order valence-corrected chi connectivity index (χ0v) is 20.8. The lowest BCUT2D eigenvalue weighted by molar-refractivity contribution is -0.111. The molecule has 0 saturated carbocycles. The largest absolute Gasteiger partial charge is 0.511 e. The summed E-state index contributed by atoms with van der Waals surface area (Å²) in [5.74, 6) is 0.275. The van der Waals surface area contributed by atoms with Crippen LogP contribution in [0.2, 0.25) is 0 Å². The number of rotatable bonds is 12. The lowest BCUT2D eigenvalue weighted by Crippen LogP contribution is -2.26. The van der Waals surface area contributed by atoms with Crippen molar-refractivity contribution in [1.82, 2.24) is 9.13 Å². The highest BCUT2D eigenvalue weighted by molar-refractivity contribution is 5.74. The maximum Gasteiger partial charge on any atom is 0.511 e. The van der Waals surface area contributed by atoms with Crippen molar-refractivity contribution in [2.75, 3.05) is 14.2 Å². The van der Waals surface area contributed by atoms with E-state index in [1.165, 1.54) is 0 Å². The number of benzene rings is 2. The van der Waals surface area contributed by atoms with Crippen LogP contribution < -0.4 is 10.4 Å². The Bertz CT molecular complexity index is 1180. The molecule has 1 aromatic heterocycles. The second-order valence-corrected chi connectivity index (χ2v) is 8.32. The van der Waals surface area contributed by atoms with E-state index in [2.05, 4.69) is 13.8 Å². The van der Waals surface area contributed by atoms with Gasteiger partial charge in [0.15, 0.2) is 6.29 Å². The molecule has 0 amide bonds. The molecule has 0 saturated heterocycles. The Labute approximate surface area is 205 Å². The Kier molecular flexibility index (Phi) is 9.28. The summed E-state index contributed by atoms with van der Waals surface area (Å²) in [5, 5.41) is 9.02. The van der Waals surface area contributed by atoms with Crippen LogP contribution in [0.25, 0.3) is 11.1 Å². The maximum atomic E-state index is 13.5. The summed E-state index contributed by atoms with van der Waals surface area (Å²) >= 11 is 0. The first-order chi connectivity index (χ1) is 16.9. The Morgan fingerprint density at radius 3 is 2.26 bits per heavy atom. The van der Waals surface area contributed by atoms with E-state index in [1.54, 1.807) is 30.9 Å². The summed E-state index contributed by atoms with van der Waals surface area (Å²) in [6.45, 7) is 5.20. The van der Waals surface area contributed by atoms with Crippen LogP contribution in [0.15, 0.2) is 53.3 Å². The first-order valence-corrected chi connectivity index (χ1v) is 11.9. The molecule has 0 spiro atoms. The first-order valence-electron chi connectivity index (χ1n) is 11.9. The fourth-order valence-electron chi connectivity index (χ4n) is 4.30. The number of methoxy groups -OCH3 is 2. The summed E-state index contributed by atoms with van der Waals surface area (Å²) in [4.78, 5) is 24.5. The average Bonchev–Trinajstić information content (AvgIpc) is 3.10. The van der Waals surface area contributed by atoms with Crippen LogP contribution >= 0.6 is 0 Å². The molecular weight excluding hydrogens is 448 g/mol. The molecule has 0 radical (unpaired) electrons. The van der Waals surface area contributed by atoms with Crippen molar-refractivity contribution in [1.29, 1.82) is 0 Å². The minimum atomic E-state index is -1.36. The van der Waals surface area contributed by atoms with Crippen molar-refractivity contribution in [2.24, 2.45) is 0 Å². The monoisotopic (exact) mass is 482 g/mol. The second-order valence-electron chi connectivity index (χ2n) is 8.32. The Morgan fingerprint density at radius 1 is 0.971 bits per heavy atom. The maximum absolute atomic E-state index is 13.5. The molecule has 0 aliphatic rings. The number of carboxylic acid groups (broad SMARTS) is 1. The molecule has 0 unspecified atom stereocenters. The van der Waals surface area contributed by atoms with Crippen molar-refractivity contribution in [3.8, 4) is 16.9 Å². The highest BCUT2D eigenvalue weighted by atomic mass is 16.7. The number of hydrogen-bond donors (Lipinski definition) is 1. The second kappa shape index (κ2) is 12.4. The number of ether oxygens (including phenoxy) is 3. The third kappa shape index (κ3) is 6.01. The van der Waals surface area contributed by atoms with Gasteiger partial charge in [0.25, 0.3) is 0 Å². The van der Waals surface area contributed by atoms with Crippen LogP contribution in [0.4, 0.5) is 4.79 Å². The first kappa shape index (κ1) is 26.2. The topological polar surface area (TPSA) is 91.9 Å². The zero-order chi connectivity index (χ0) is 25.4. The SMILES string of the molecule is CCCCn1c(C(OC)OC)c(CCC)n(Cc2ccc(-c3ccccc3OC(=O)O)cc2)c1=O. The molecule has 35 heavy (non-hydrogen) atoms. The van der Waals surface area contributed by atoms with Gasteiger partial charge in [-0.3, -0.25) is 9.13 Å². The molecule has 188 valence electrons. The number of para-hydroxylation sites is 1. The lowest BCUT2D eigenvalue weighted by atomic mass is 10.0. The minimum Gasteiger partial charge on any atom is -0.449 e. The molecule has 0 fully saturated rings. The molecule has 0 bridgehead atoms. The summed E-state index contributed by atoms with van der Waals surface area (Å²) in [7, 11) is 3.17. The van der Waals surface area contributed by atoms with Gasteiger partial charge in [-0.15, -0.1) is 0 Å². The fourth-order valence-corrected chi connectivity index (χ4v) is 4.30. The summed E-state index contributed by atoms with van der Waals surface area (Å²) in [6.07, 6.45) is 1.49. The average molecular weight is 483 g/mol. The fraction of sp³-hybridized carbons (Fsp3) is 0.407. The minimum absolute atomic E-state index is 0.0692. The van der Waals surface area contributed by atoms with Gasteiger partial charge in [-0.2, -0.15) is 0 Å². The van der Waals surface area contributed by atoms with E-state index in [0.717, 1.165) is 48.2 Å². The van der Waals surface area contributed by atoms with Crippen LogP contribution in [0, 0.1) is 0 Å². The molecule has 0 aliphatic heterocycles. The summed E-state index contributed by atoms with van der Waals surface area (Å²) < 4.78 is 19.7. The van der Waals surface area contributed by atoms with Gasteiger partial charge in [-0.25, -0.2) is 9.59 Å². The Balaban J connectivity index is 2.00. The van der Waals surface area contributed by atoms with E-state index in [4.69, 9.17) is 19.3 Å². The summed E-state index contributed by atoms with van der Waals surface area (Å²) in [5.41, 5.74) is 4.10. The van der Waals surface area contributed by atoms with Crippen LogP contribution in [0.5, 0.6) is 5.75 Å². The van der Waals surface area contributed by atoms with Crippen molar-refractivity contribution < 1.29 is 24.1 Å². The molecule has 8 heteroatoms. The molecule has 2 aromatic carbocycles. The number of unbranched alkanes of at least 4 members (excludes halogenated alkanes) is 1. The normalized spacial score (nSPS) is 11.2. The van der Waals surface area contributed by atoms with Gasteiger partial charge in [-0.1, -0.05) is 69.2 Å². The van der Waals surface area contributed by atoms with Gasteiger partial charge < -0.3 is 19.3 Å². The van der Waals surface area contributed by atoms with E-state index in [1.807, 2.05) is 41.0 Å². The van der Waals surface area contributed by atoms with Crippen molar-refractivity contribution in [3.05, 3.63) is 76.0 Å².